The molecule has 1 nitrogen and oxygen atoms in total. The minimum absolute atomic E-state index is 0.152. The average molecular weight is 196 g/mol. The Bertz CT molecular complexity index is 284. The van der Waals surface area contributed by atoms with Crippen molar-refractivity contribution in [1.29, 1.82) is 0 Å². The topological polar surface area (TPSA) is 9.23 Å². The number of unbranched alkanes of at least 4 members (excludes halogenated alkanes) is 2. The highest BCUT2D eigenvalue weighted by molar-refractivity contribution is 5.28. The summed E-state index contributed by atoms with van der Waals surface area (Å²) in [7, 11) is 1.55. The number of ether oxygens (including phenoxy) is 1. The Hall–Kier alpha value is -1.05. The number of hydrogen-bond acceptors (Lipinski definition) is 1. The van der Waals surface area contributed by atoms with Gasteiger partial charge in [0.15, 0.2) is 0 Å². The molecule has 0 spiro atoms. The number of rotatable bonds is 5. The molecule has 0 bridgehead atoms. The summed E-state index contributed by atoms with van der Waals surface area (Å²) in [6.07, 6.45) is 4.20. The molecule has 1 aromatic carbocycles. The van der Waals surface area contributed by atoms with E-state index in [0.29, 0.717) is 5.75 Å². The SMILES string of the molecule is CCCCCc1ccc(OC)cc1F. The molecular weight excluding hydrogens is 179 g/mol. The van der Waals surface area contributed by atoms with E-state index >= 15 is 0 Å². The van der Waals surface area contributed by atoms with Crippen LogP contribution in [0.2, 0.25) is 0 Å². The van der Waals surface area contributed by atoms with Gasteiger partial charge in [-0.3, -0.25) is 0 Å². The van der Waals surface area contributed by atoms with Crippen LogP contribution in [0, 0.1) is 5.82 Å². The molecule has 0 aliphatic rings. The molecule has 0 amide bonds. The van der Waals surface area contributed by atoms with E-state index in [9.17, 15) is 4.39 Å². The van der Waals surface area contributed by atoms with Crippen LogP contribution in [0.1, 0.15) is 31.7 Å². The lowest BCUT2D eigenvalue weighted by Crippen LogP contribution is -1.92. The van der Waals surface area contributed by atoms with Crippen molar-refractivity contribution in [2.45, 2.75) is 32.6 Å². The number of methoxy groups -OCH3 is 1. The zero-order chi connectivity index (χ0) is 10.4. The molecule has 0 heterocycles. The van der Waals surface area contributed by atoms with Crippen LogP contribution in [-0.4, -0.2) is 7.11 Å². The van der Waals surface area contributed by atoms with E-state index in [2.05, 4.69) is 6.92 Å². The van der Waals surface area contributed by atoms with Crippen molar-refractivity contribution in [3.63, 3.8) is 0 Å². The first-order valence-electron chi connectivity index (χ1n) is 5.10. The first-order valence-corrected chi connectivity index (χ1v) is 5.10. The molecule has 14 heavy (non-hydrogen) atoms. The molecule has 0 aliphatic heterocycles. The van der Waals surface area contributed by atoms with Crippen LogP contribution in [0.4, 0.5) is 4.39 Å². The molecule has 1 aromatic rings. The van der Waals surface area contributed by atoms with Gasteiger partial charge in [-0.05, 0) is 24.5 Å². The number of aryl methyl sites for hydroxylation is 1. The quantitative estimate of drug-likeness (QED) is 0.654. The lowest BCUT2D eigenvalue weighted by atomic mass is 10.1. The van der Waals surface area contributed by atoms with Crippen molar-refractivity contribution >= 4 is 0 Å². The maximum Gasteiger partial charge on any atom is 0.130 e. The van der Waals surface area contributed by atoms with Crippen molar-refractivity contribution in [2.75, 3.05) is 7.11 Å². The van der Waals surface area contributed by atoms with Crippen molar-refractivity contribution in [3.8, 4) is 5.75 Å². The minimum atomic E-state index is -0.152. The van der Waals surface area contributed by atoms with Crippen LogP contribution in [-0.2, 0) is 6.42 Å². The summed E-state index contributed by atoms with van der Waals surface area (Å²) in [6.45, 7) is 2.14. The van der Waals surface area contributed by atoms with Crippen LogP contribution in [0.15, 0.2) is 18.2 Å². The molecule has 0 N–H and O–H groups in total. The third-order valence-electron chi connectivity index (χ3n) is 2.31. The molecule has 0 fully saturated rings. The van der Waals surface area contributed by atoms with E-state index in [-0.39, 0.29) is 5.82 Å². The van der Waals surface area contributed by atoms with Crippen LogP contribution >= 0.6 is 0 Å². The Morgan fingerprint density at radius 2 is 2.07 bits per heavy atom. The second kappa shape index (κ2) is 5.63. The van der Waals surface area contributed by atoms with Gasteiger partial charge in [0.1, 0.15) is 11.6 Å². The third kappa shape index (κ3) is 3.02. The Labute approximate surface area is 84.9 Å². The molecule has 0 atom stereocenters. The Morgan fingerprint density at radius 1 is 1.29 bits per heavy atom. The first-order chi connectivity index (χ1) is 6.77. The fraction of sp³-hybridized carbons (Fsp3) is 0.500. The fourth-order valence-corrected chi connectivity index (χ4v) is 1.42. The van der Waals surface area contributed by atoms with Crippen molar-refractivity contribution in [3.05, 3.63) is 29.6 Å². The highest BCUT2D eigenvalue weighted by Crippen LogP contribution is 2.17. The van der Waals surface area contributed by atoms with E-state index in [4.69, 9.17) is 4.74 Å². The summed E-state index contributed by atoms with van der Waals surface area (Å²) in [4.78, 5) is 0. The van der Waals surface area contributed by atoms with Gasteiger partial charge < -0.3 is 4.74 Å². The van der Waals surface area contributed by atoms with Crippen LogP contribution in [0.25, 0.3) is 0 Å². The molecular formula is C12H17FO. The van der Waals surface area contributed by atoms with Gasteiger partial charge in [0.05, 0.1) is 7.11 Å². The highest BCUT2D eigenvalue weighted by atomic mass is 19.1. The first kappa shape index (κ1) is 11.0. The van der Waals surface area contributed by atoms with Gasteiger partial charge in [0, 0.05) is 6.07 Å². The van der Waals surface area contributed by atoms with E-state index in [1.807, 2.05) is 12.1 Å². The van der Waals surface area contributed by atoms with Crippen LogP contribution in [0.5, 0.6) is 5.75 Å². The van der Waals surface area contributed by atoms with E-state index in [1.165, 1.54) is 6.07 Å². The second-order valence-corrected chi connectivity index (χ2v) is 3.41. The molecule has 1 rings (SSSR count). The maximum absolute atomic E-state index is 13.4. The lowest BCUT2D eigenvalue weighted by Gasteiger charge is -2.04. The summed E-state index contributed by atoms with van der Waals surface area (Å²) in [5.41, 5.74) is 0.791. The second-order valence-electron chi connectivity index (χ2n) is 3.41. The molecule has 0 saturated heterocycles. The fourth-order valence-electron chi connectivity index (χ4n) is 1.42. The van der Waals surface area contributed by atoms with Gasteiger partial charge in [-0.15, -0.1) is 0 Å². The summed E-state index contributed by atoms with van der Waals surface area (Å²) in [5.74, 6) is 0.433. The third-order valence-corrected chi connectivity index (χ3v) is 2.31. The summed E-state index contributed by atoms with van der Waals surface area (Å²) in [5, 5.41) is 0. The molecule has 2 heteroatoms. The monoisotopic (exact) mass is 196 g/mol. The Morgan fingerprint density at radius 3 is 2.64 bits per heavy atom. The zero-order valence-corrected chi connectivity index (χ0v) is 8.85. The van der Waals surface area contributed by atoms with Crippen molar-refractivity contribution in [1.82, 2.24) is 0 Å². The lowest BCUT2D eigenvalue weighted by molar-refractivity contribution is 0.410. The summed E-state index contributed by atoms with van der Waals surface area (Å²) < 4.78 is 18.3. The minimum Gasteiger partial charge on any atom is -0.497 e. The zero-order valence-electron chi connectivity index (χ0n) is 8.85. The van der Waals surface area contributed by atoms with E-state index < -0.39 is 0 Å². The number of benzene rings is 1. The Balaban J connectivity index is 2.59. The molecule has 0 aliphatic carbocycles. The average Bonchev–Trinajstić information content (AvgIpc) is 2.20. The predicted molar refractivity (Wildman–Crippen MR) is 56.2 cm³/mol. The normalized spacial score (nSPS) is 10.2. The molecule has 78 valence electrons. The smallest absolute Gasteiger partial charge is 0.130 e. The Kier molecular flexibility index (Phi) is 4.44. The number of halogens is 1. The molecule has 0 radical (unpaired) electrons. The van der Waals surface area contributed by atoms with Crippen LogP contribution < -0.4 is 4.74 Å². The molecule has 0 aromatic heterocycles. The van der Waals surface area contributed by atoms with Gasteiger partial charge in [-0.1, -0.05) is 25.8 Å². The van der Waals surface area contributed by atoms with E-state index in [0.717, 1.165) is 31.2 Å². The largest absolute Gasteiger partial charge is 0.497 e. The number of hydrogen-bond donors (Lipinski definition) is 0. The summed E-state index contributed by atoms with van der Waals surface area (Å²) in [6, 6.07) is 5.06. The van der Waals surface area contributed by atoms with Gasteiger partial charge in [0.25, 0.3) is 0 Å². The van der Waals surface area contributed by atoms with Gasteiger partial charge in [0.2, 0.25) is 0 Å². The standard InChI is InChI=1S/C12H17FO/c1-3-4-5-6-10-7-8-11(14-2)9-12(10)13/h7-9H,3-6H2,1-2H3. The molecule has 0 unspecified atom stereocenters. The van der Waals surface area contributed by atoms with Gasteiger partial charge >= 0.3 is 0 Å². The summed E-state index contributed by atoms with van der Waals surface area (Å²) >= 11 is 0. The van der Waals surface area contributed by atoms with Crippen molar-refractivity contribution < 1.29 is 9.13 Å². The van der Waals surface area contributed by atoms with E-state index in [1.54, 1.807) is 7.11 Å². The predicted octanol–water partition coefficient (Wildman–Crippen LogP) is 3.57. The maximum atomic E-state index is 13.4. The van der Waals surface area contributed by atoms with Crippen molar-refractivity contribution in [2.24, 2.45) is 0 Å². The highest BCUT2D eigenvalue weighted by Gasteiger charge is 2.02. The van der Waals surface area contributed by atoms with Crippen LogP contribution in [0.3, 0.4) is 0 Å². The molecule has 0 saturated carbocycles. The van der Waals surface area contributed by atoms with Gasteiger partial charge in [-0.2, -0.15) is 0 Å². The van der Waals surface area contributed by atoms with Gasteiger partial charge in [-0.25, -0.2) is 4.39 Å².